The third-order valence-electron chi connectivity index (χ3n) is 10.7. The van der Waals surface area contributed by atoms with Gasteiger partial charge in [0.15, 0.2) is 17.5 Å². The molecule has 0 saturated heterocycles. The van der Waals surface area contributed by atoms with Gasteiger partial charge in [0.25, 0.3) is 0 Å². The van der Waals surface area contributed by atoms with Crippen molar-refractivity contribution in [3.63, 3.8) is 0 Å². The van der Waals surface area contributed by atoms with E-state index in [1.807, 2.05) is 72.8 Å². The summed E-state index contributed by atoms with van der Waals surface area (Å²) in [6.07, 6.45) is 0. The molecule has 0 aliphatic carbocycles. The van der Waals surface area contributed by atoms with Crippen LogP contribution in [-0.4, -0.2) is 15.0 Å². The molecule has 6 heteroatoms. The maximum absolute atomic E-state index is 6.52. The molecular weight excluding hydrogens is 679 g/mol. The second kappa shape index (κ2) is 11.5. The molecule has 0 aliphatic heterocycles. The molecule has 0 spiro atoms. The van der Waals surface area contributed by atoms with Gasteiger partial charge in [-0.05, 0) is 70.4 Å². The summed E-state index contributed by atoms with van der Waals surface area (Å²) in [4.78, 5) is 15.7. The zero-order valence-corrected chi connectivity index (χ0v) is 29.2. The van der Waals surface area contributed by atoms with E-state index in [0.717, 1.165) is 104 Å². The molecule has 0 N–H and O–H groups in total. The molecule has 12 rings (SSSR count). The highest BCUT2D eigenvalue weighted by atomic mass is 16.3. The van der Waals surface area contributed by atoms with Crippen LogP contribution in [0.1, 0.15) is 0 Å². The van der Waals surface area contributed by atoms with Crippen LogP contribution in [0.25, 0.3) is 122 Å². The zero-order valence-electron chi connectivity index (χ0n) is 29.2. The van der Waals surface area contributed by atoms with Gasteiger partial charge < -0.3 is 13.3 Å². The molecule has 0 aliphatic rings. The van der Waals surface area contributed by atoms with Crippen LogP contribution in [0.2, 0.25) is 0 Å². The van der Waals surface area contributed by atoms with Gasteiger partial charge in [0.2, 0.25) is 0 Å². The van der Waals surface area contributed by atoms with Crippen molar-refractivity contribution in [3.05, 3.63) is 164 Å². The summed E-state index contributed by atoms with van der Waals surface area (Å²) in [6.45, 7) is 0. The maximum atomic E-state index is 6.52. The van der Waals surface area contributed by atoms with E-state index in [-0.39, 0.29) is 0 Å². The first kappa shape index (κ1) is 29.9. The normalized spacial score (nSPS) is 12.0. The van der Waals surface area contributed by atoms with Gasteiger partial charge in [-0.1, -0.05) is 115 Å². The number of fused-ring (bicyclic) bond motifs is 11. The molecule has 0 bridgehead atoms. The van der Waals surface area contributed by atoms with E-state index < -0.39 is 0 Å². The summed E-state index contributed by atoms with van der Waals surface area (Å²) in [5.74, 6) is 1.69. The Kier molecular flexibility index (Phi) is 6.24. The lowest BCUT2D eigenvalue weighted by Crippen LogP contribution is -2.00. The van der Waals surface area contributed by atoms with Gasteiger partial charge in [0.05, 0.1) is 0 Å². The number of benzene rings is 8. The fraction of sp³-hybridized carbons (Fsp3) is 0. The minimum Gasteiger partial charge on any atom is -0.456 e. The summed E-state index contributed by atoms with van der Waals surface area (Å²) in [6, 6.07) is 55.7. The van der Waals surface area contributed by atoms with Crippen LogP contribution in [-0.2, 0) is 0 Å². The lowest BCUT2D eigenvalue weighted by molar-refractivity contribution is 0.668. The Hall–Kier alpha value is -7.57. The highest BCUT2D eigenvalue weighted by Crippen LogP contribution is 2.41. The summed E-state index contributed by atoms with van der Waals surface area (Å²) in [5.41, 5.74) is 9.75. The lowest BCUT2D eigenvalue weighted by Gasteiger charge is -2.11. The van der Waals surface area contributed by atoms with Crippen molar-refractivity contribution in [1.82, 2.24) is 15.0 Å². The Bertz CT molecular complexity index is 3500. The predicted octanol–water partition coefficient (Wildman–Crippen LogP) is 13.4. The largest absolute Gasteiger partial charge is 0.456 e. The van der Waals surface area contributed by atoms with Gasteiger partial charge >= 0.3 is 0 Å². The number of hydrogen-bond donors (Lipinski definition) is 0. The van der Waals surface area contributed by atoms with E-state index in [1.54, 1.807) is 0 Å². The monoisotopic (exact) mass is 705 g/mol. The number of hydrogen-bond acceptors (Lipinski definition) is 6. The molecule has 0 fully saturated rings. The van der Waals surface area contributed by atoms with Crippen molar-refractivity contribution in [2.24, 2.45) is 0 Å². The first-order chi connectivity index (χ1) is 27.2. The Morgan fingerprint density at radius 3 is 1.53 bits per heavy atom. The molecule has 0 unspecified atom stereocenters. The molecular formula is C49H27N3O3. The Labute approximate surface area is 312 Å². The quantitative estimate of drug-likeness (QED) is 0.181. The average molecular weight is 706 g/mol. The van der Waals surface area contributed by atoms with Crippen LogP contribution in [0.3, 0.4) is 0 Å². The van der Waals surface area contributed by atoms with Gasteiger partial charge in [-0.2, -0.15) is 0 Å². The number of nitrogens with zero attached hydrogens (tertiary/aromatic N) is 3. The Morgan fingerprint density at radius 2 is 0.818 bits per heavy atom. The third-order valence-corrected chi connectivity index (χ3v) is 10.7. The minimum absolute atomic E-state index is 0.557. The van der Waals surface area contributed by atoms with Gasteiger partial charge in [0.1, 0.15) is 33.5 Å². The van der Waals surface area contributed by atoms with E-state index in [0.29, 0.717) is 17.5 Å². The van der Waals surface area contributed by atoms with E-state index in [2.05, 4.69) is 91.0 Å². The highest BCUT2D eigenvalue weighted by Gasteiger charge is 2.21. The van der Waals surface area contributed by atoms with Crippen LogP contribution >= 0.6 is 0 Å². The SMILES string of the molecule is c1ccc(-c2ccc3c(c2)oc2cccc(-c4nc(-c5ccc6c(ccc7oc8ccccc8c76)c5)nc(-c5cccc6oc7ccccc7c56)n4)c23)cc1. The van der Waals surface area contributed by atoms with Gasteiger partial charge in [0, 0.05) is 49.0 Å². The Morgan fingerprint density at radius 1 is 0.291 bits per heavy atom. The van der Waals surface area contributed by atoms with E-state index in [1.165, 1.54) is 0 Å². The fourth-order valence-electron chi connectivity index (χ4n) is 8.22. The van der Waals surface area contributed by atoms with Gasteiger partial charge in [-0.15, -0.1) is 0 Å². The number of furan rings is 3. The van der Waals surface area contributed by atoms with E-state index >= 15 is 0 Å². The van der Waals surface area contributed by atoms with Crippen LogP contribution in [0.4, 0.5) is 0 Å². The van der Waals surface area contributed by atoms with Crippen molar-refractivity contribution in [1.29, 1.82) is 0 Å². The molecule has 55 heavy (non-hydrogen) atoms. The standard InChI is InChI=1S/C49H27N3O3/c1-2-10-28(11-3-1)29-20-24-35-43(27-29)55-41-19-9-15-37(46(35)41)49-51-47(50-48(52-49)36-14-8-18-40-45(36)34-13-5-7-17-39(34)53-40)31-21-23-32-30(26-31)22-25-42-44(32)33-12-4-6-16-38(33)54-42/h1-27H. The fourth-order valence-corrected chi connectivity index (χ4v) is 8.22. The molecule has 0 radical (unpaired) electrons. The lowest BCUT2D eigenvalue weighted by atomic mass is 10.0. The molecule has 6 nitrogen and oxygen atoms in total. The van der Waals surface area contributed by atoms with Crippen molar-refractivity contribution >= 4 is 76.6 Å². The van der Waals surface area contributed by atoms with Crippen LogP contribution in [0.15, 0.2) is 177 Å². The molecule has 8 aromatic carbocycles. The molecule has 12 aromatic rings. The van der Waals surface area contributed by atoms with Crippen LogP contribution in [0, 0.1) is 0 Å². The molecule has 256 valence electrons. The minimum atomic E-state index is 0.557. The van der Waals surface area contributed by atoms with E-state index in [9.17, 15) is 0 Å². The van der Waals surface area contributed by atoms with Crippen molar-refractivity contribution in [2.45, 2.75) is 0 Å². The van der Waals surface area contributed by atoms with Crippen molar-refractivity contribution < 1.29 is 13.3 Å². The van der Waals surface area contributed by atoms with Crippen molar-refractivity contribution in [3.8, 4) is 45.3 Å². The predicted molar refractivity (Wildman–Crippen MR) is 221 cm³/mol. The summed E-state index contributed by atoms with van der Waals surface area (Å²) >= 11 is 0. The number of aromatic nitrogens is 3. The first-order valence-electron chi connectivity index (χ1n) is 18.3. The van der Waals surface area contributed by atoms with Gasteiger partial charge in [-0.25, -0.2) is 15.0 Å². The average Bonchev–Trinajstić information content (AvgIpc) is 3.94. The highest BCUT2D eigenvalue weighted by molar-refractivity contribution is 6.19. The second-order valence-corrected chi connectivity index (χ2v) is 13.9. The second-order valence-electron chi connectivity index (χ2n) is 13.9. The third kappa shape index (κ3) is 4.58. The number of rotatable bonds is 4. The first-order valence-corrected chi connectivity index (χ1v) is 18.3. The Balaban J connectivity index is 1.10. The zero-order chi connectivity index (χ0) is 36.0. The summed E-state index contributed by atoms with van der Waals surface area (Å²) in [7, 11) is 0. The van der Waals surface area contributed by atoms with Crippen molar-refractivity contribution in [2.75, 3.05) is 0 Å². The molecule has 0 saturated carbocycles. The molecule has 4 heterocycles. The smallest absolute Gasteiger partial charge is 0.164 e. The molecule has 0 amide bonds. The van der Waals surface area contributed by atoms with Crippen LogP contribution < -0.4 is 0 Å². The summed E-state index contributed by atoms with van der Waals surface area (Å²) < 4.78 is 19.0. The maximum Gasteiger partial charge on any atom is 0.164 e. The van der Waals surface area contributed by atoms with Gasteiger partial charge in [-0.3, -0.25) is 0 Å². The summed E-state index contributed by atoms with van der Waals surface area (Å²) in [5, 5.41) is 8.31. The molecule has 0 atom stereocenters. The van der Waals surface area contributed by atoms with Crippen LogP contribution in [0.5, 0.6) is 0 Å². The van der Waals surface area contributed by atoms with E-state index in [4.69, 9.17) is 28.2 Å². The topological polar surface area (TPSA) is 78.1 Å². The molecule has 4 aromatic heterocycles. The number of para-hydroxylation sites is 2.